The van der Waals surface area contributed by atoms with Gasteiger partial charge in [-0.25, -0.2) is 4.98 Å². The van der Waals surface area contributed by atoms with Crippen molar-refractivity contribution < 1.29 is 4.43 Å². The van der Waals surface area contributed by atoms with Crippen molar-refractivity contribution in [1.29, 1.82) is 0 Å². The van der Waals surface area contributed by atoms with Crippen LogP contribution in [0, 0.1) is 0 Å². The first-order valence-corrected chi connectivity index (χ1v) is 13.3. The molecule has 3 nitrogen and oxygen atoms in total. The summed E-state index contributed by atoms with van der Waals surface area (Å²) in [6.45, 7) is 7.02. The fraction of sp³-hybridized carbons (Fsp3) is 0.320. The molecule has 1 N–H and O–H groups in total. The third-order valence-corrected chi connectivity index (χ3v) is 12.2. The maximum Gasteiger partial charge on any atom is 0.262 e. The number of halogens is 1. The average molecular weight is 479 g/mol. The molecule has 6 rings (SSSR count). The molecule has 0 atom stereocenters. The lowest BCUT2D eigenvalue weighted by Crippen LogP contribution is -2.71. The van der Waals surface area contributed by atoms with E-state index in [9.17, 15) is 0 Å². The number of nitrogens with zero attached hydrogens (tertiary/aromatic N) is 1. The third kappa shape index (κ3) is 2.98. The molecule has 0 amide bonds. The number of aromatic nitrogens is 1. The Morgan fingerprint density at radius 1 is 0.933 bits per heavy atom. The van der Waals surface area contributed by atoms with E-state index in [0.717, 1.165) is 23.3 Å². The second-order valence-electron chi connectivity index (χ2n) is 9.54. The summed E-state index contributed by atoms with van der Waals surface area (Å²) in [5.41, 5.74) is 0.908. The lowest BCUT2D eigenvalue weighted by Gasteiger charge is -2.58. The summed E-state index contributed by atoms with van der Waals surface area (Å²) in [6.07, 6.45) is 1.99. The topological polar surface area (TPSA) is 34.1 Å². The summed E-state index contributed by atoms with van der Waals surface area (Å²) in [5.74, 6) is 0.963. The van der Waals surface area contributed by atoms with Gasteiger partial charge in [-0.1, -0.05) is 81.4 Å². The standard InChI is InChI=1S/C25H27BrN2OSi/c1-24(2,3)30(19-10-6-4-7-11-19,20-12-8-5-9-13-20)29-25-16-18(17-25)27-23-21(25)14-15-22(26)28-23/h4-15,18H,16-17H2,1-3H3,(H,27,28). The van der Waals surface area contributed by atoms with E-state index in [4.69, 9.17) is 9.41 Å². The molecule has 3 aromatic rings. The first kappa shape index (κ1) is 20.0. The van der Waals surface area contributed by atoms with Crippen molar-refractivity contribution >= 4 is 40.4 Å². The highest BCUT2D eigenvalue weighted by Crippen LogP contribution is 2.55. The van der Waals surface area contributed by atoms with Gasteiger partial charge >= 0.3 is 0 Å². The van der Waals surface area contributed by atoms with Gasteiger partial charge in [0.25, 0.3) is 8.32 Å². The van der Waals surface area contributed by atoms with Crippen molar-refractivity contribution in [2.75, 3.05) is 5.32 Å². The molecule has 5 heteroatoms. The van der Waals surface area contributed by atoms with Gasteiger partial charge < -0.3 is 9.74 Å². The van der Waals surface area contributed by atoms with E-state index >= 15 is 0 Å². The van der Waals surface area contributed by atoms with Gasteiger partial charge in [-0.15, -0.1) is 0 Å². The van der Waals surface area contributed by atoms with Crippen LogP contribution in [0.1, 0.15) is 39.2 Å². The van der Waals surface area contributed by atoms with Crippen LogP contribution >= 0.6 is 15.9 Å². The molecule has 30 heavy (non-hydrogen) atoms. The fourth-order valence-corrected chi connectivity index (χ4v) is 10.3. The molecule has 3 aliphatic rings. The summed E-state index contributed by atoms with van der Waals surface area (Å²) in [7, 11) is -2.62. The van der Waals surface area contributed by atoms with Crippen LogP contribution in [0.4, 0.5) is 5.82 Å². The van der Waals surface area contributed by atoms with Gasteiger partial charge in [0.1, 0.15) is 10.4 Å². The summed E-state index contributed by atoms with van der Waals surface area (Å²) in [6, 6.07) is 26.5. The Morgan fingerprint density at radius 3 is 2.03 bits per heavy atom. The smallest absolute Gasteiger partial charge is 0.262 e. The molecule has 154 valence electrons. The van der Waals surface area contributed by atoms with Crippen LogP contribution in [0.2, 0.25) is 5.04 Å². The molecule has 2 bridgehead atoms. The first-order valence-electron chi connectivity index (χ1n) is 10.6. The average Bonchev–Trinajstić information content (AvgIpc) is 2.71. The number of hydrogen-bond acceptors (Lipinski definition) is 3. The molecule has 0 saturated heterocycles. The minimum atomic E-state index is -2.62. The van der Waals surface area contributed by atoms with Crippen LogP contribution in [0.25, 0.3) is 0 Å². The largest absolute Gasteiger partial charge is 0.398 e. The van der Waals surface area contributed by atoms with Gasteiger partial charge in [-0.2, -0.15) is 0 Å². The van der Waals surface area contributed by atoms with Gasteiger partial charge in [0.05, 0.1) is 5.60 Å². The van der Waals surface area contributed by atoms with Crippen LogP contribution in [0.15, 0.2) is 77.4 Å². The number of hydrogen-bond donors (Lipinski definition) is 1. The Labute approximate surface area is 188 Å². The van der Waals surface area contributed by atoms with Crippen molar-refractivity contribution in [2.45, 2.75) is 50.3 Å². The predicted molar refractivity (Wildman–Crippen MR) is 129 cm³/mol. The predicted octanol–water partition coefficient (Wildman–Crippen LogP) is 5.20. The van der Waals surface area contributed by atoms with Crippen LogP contribution in [0.5, 0.6) is 0 Å². The van der Waals surface area contributed by atoms with Gasteiger partial charge in [-0.3, -0.25) is 0 Å². The van der Waals surface area contributed by atoms with E-state index < -0.39 is 8.32 Å². The minimum Gasteiger partial charge on any atom is -0.398 e. The summed E-state index contributed by atoms with van der Waals surface area (Å²) in [4.78, 5) is 4.72. The van der Waals surface area contributed by atoms with E-state index in [0.29, 0.717) is 6.04 Å². The highest BCUT2D eigenvalue weighted by molar-refractivity contribution is 9.10. The molecule has 3 heterocycles. The molecule has 2 aliphatic heterocycles. The maximum absolute atomic E-state index is 7.58. The highest BCUT2D eigenvalue weighted by atomic mass is 79.9. The second kappa shape index (κ2) is 7.04. The number of rotatable bonds is 4. The Bertz CT molecular complexity index is 1020. The van der Waals surface area contributed by atoms with Crippen LogP contribution in [-0.2, 0) is 10.0 Å². The third-order valence-electron chi connectivity index (χ3n) is 6.61. The van der Waals surface area contributed by atoms with E-state index in [1.165, 1.54) is 15.9 Å². The molecule has 1 fully saturated rings. The molecule has 1 aromatic heterocycles. The zero-order valence-corrected chi connectivity index (χ0v) is 20.2. The molecule has 0 radical (unpaired) electrons. The number of benzene rings is 2. The second-order valence-corrected chi connectivity index (χ2v) is 14.6. The summed E-state index contributed by atoms with van der Waals surface area (Å²) >= 11 is 3.53. The number of pyridine rings is 1. The molecule has 2 aromatic carbocycles. The summed E-state index contributed by atoms with van der Waals surface area (Å²) < 4.78 is 8.44. The first-order chi connectivity index (χ1) is 14.3. The van der Waals surface area contributed by atoms with E-state index in [1.54, 1.807) is 0 Å². The Kier molecular flexibility index (Phi) is 4.69. The molecule has 1 saturated carbocycles. The van der Waals surface area contributed by atoms with Gasteiger partial charge in [0.15, 0.2) is 0 Å². The molecule has 0 unspecified atom stereocenters. The Balaban J connectivity index is 1.72. The quantitative estimate of drug-likeness (QED) is 0.413. The normalized spacial score (nSPS) is 22.6. The Hall–Kier alpha value is -1.95. The molecular weight excluding hydrogens is 452 g/mol. The molecule has 1 aliphatic carbocycles. The minimum absolute atomic E-state index is 0.0383. The lowest BCUT2D eigenvalue weighted by molar-refractivity contribution is -0.0374. The van der Waals surface area contributed by atoms with Crippen molar-refractivity contribution in [3.63, 3.8) is 0 Å². The van der Waals surface area contributed by atoms with Crippen LogP contribution in [0.3, 0.4) is 0 Å². The van der Waals surface area contributed by atoms with Gasteiger partial charge in [-0.05, 0) is 43.5 Å². The number of nitrogens with one attached hydrogen (secondary N) is 1. The fourth-order valence-electron chi connectivity index (χ4n) is 5.25. The number of anilines is 1. The van der Waals surface area contributed by atoms with Crippen molar-refractivity contribution in [2.24, 2.45) is 0 Å². The zero-order valence-electron chi connectivity index (χ0n) is 17.7. The van der Waals surface area contributed by atoms with Crippen LogP contribution in [-0.4, -0.2) is 19.3 Å². The van der Waals surface area contributed by atoms with Crippen molar-refractivity contribution in [3.8, 4) is 0 Å². The summed E-state index contributed by atoms with van der Waals surface area (Å²) in [5, 5.41) is 6.20. The van der Waals surface area contributed by atoms with Crippen LogP contribution < -0.4 is 15.7 Å². The van der Waals surface area contributed by atoms with Crippen molar-refractivity contribution in [1.82, 2.24) is 4.98 Å². The SMILES string of the molecule is CC(C)(C)[Si](OC12CC(C1)Nc1nc(Br)ccc12)(c1ccccc1)c1ccccc1. The Morgan fingerprint density at radius 2 is 1.50 bits per heavy atom. The molecular formula is C25H27BrN2OSi. The monoisotopic (exact) mass is 478 g/mol. The van der Waals surface area contributed by atoms with Gasteiger partial charge in [0.2, 0.25) is 0 Å². The highest BCUT2D eigenvalue weighted by Gasteiger charge is 2.60. The van der Waals surface area contributed by atoms with Gasteiger partial charge in [0, 0.05) is 24.4 Å². The molecule has 0 spiro atoms. The van der Waals surface area contributed by atoms with E-state index in [-0.39, 0.29) is 10.6 Å². The lowest BCUT2D eigenvalue weighted by atomic mass is 9.68. The maximum atomic E-state index is 7.58. The van der Waals surface area contributed by atoms with Crippen molar-refractivity contribution in [3.05, 3.63) is 83.0 Å². The van der Waals surface area contributed by atoms with E-state index in [1.807, 2.05) is 6.07 Å². The van der Waals surface area contributed by atoms with E-state index in [2.05, 4.69) is 109 Å². The zero-order chi connectivity index (χ0) is 21.0.